The quantitative estimate of drug-likeness (QED) is 0.421. The second-order valence-electron chi connectivity index (χ2n) is 10.3. The van der Waals surface area contributed by atoms with Crippen molar-refractivity contribution < 1.29 is 41.9 Å². The number of aryl methyl sites for hydroxylation is 1. The van der Waals surface area contributed by atoms with Gasteiger partial charge in [0.05, 0.1) is 6.04 Å². The number of carbonyl (C=O) groups is 5. The van der Waals surface area contributed by atoms with Gasteiger partial charge in [0.25, 0.3) is 0 Å². The summed E-state index contributed by atoms with van der Waals surface area (Å²) < 4.78 is 41.4. The minimum absolute atomic E-state index is 0.0284. The molecule has 0 spiro atoms. The number of benzene rings is 1. The number of nitrogens with zero attached hydrogens (tertiary/aromatic N) is 1. The summed E-state index contributed by atoms with van der Waals surface area (Å²) >= 11 is 0. The number of amides is 4. The molecule has 0 aromatic heterocycles. The van der Waals surface area contributed by atoms with Crippen LogP contribution in [0.1, 0.15) is 37.7 Å². The van der Waals surface area contributed by atoms with Gasteiger partial charge in [0.2, 0.25) is 11.8 Å². The van der Waals surface area contributed by atoms with Crippen LogP contribution in [0.2, 0.25) is 0 Å². The Labute approximate surface area is 223 Å². The summed E-state index contributed by atoms with van der Waals surface area (Å²) in [5, 5.41) is 7.66. The van der Waals surface area contributed by atoms with Crippen LogP contribution in [-0.2, 0) is 28.7 Å². The Morgan fingerprint density at radius 3 is 2.56 bits per heavy atom. The molecule has 10 nitrogen and oxygen atoms in total. The van der Waals surface area contributed by atoms with Gasteiger partial charge in [-0.1, -0.05) is 24.6 Å². The highest BCUT2D eigenvalue weighted by atomic mass is 19.4. The maximum Gasteiger partial charge on any atom is 0.522 e. The zero-order chi connectivity index (χ0) is 28.3. The SMILES string of the molecule is Cc1ccccc1NC(=O)C(=O)N1C[C@@H]2CCC[C@@H]2[C@H]1C(=O)NC(C[C@@H]1CCNC1=O)C(=O)COC(F)(F)F. The molecule has 1 aliphatic carbocycles. The first-order chi connectivity index (χ1) is 18.4. The van der Waals surface area contributed by atoms with Crippen LogP contribution in [0.25, 0.3) is 0 Å². The van der Waals surface area contributed by atoms with E-state index in [0.717, 1.165) is 18.4 Å². The summed E-state index contributed by atoms with van der Waals surface area (Å²) in [6.45, 7) is 0.952. The molecular formula is C26H31F3N4O6. The van der Waals surface area contributed by atoms with E-state index in [-0.39, 0.29) is 30.7 Å². The number of para-hydroxylation sites is 1. The van der Waals surface area contributed by atoms with Crippen molar-refractivity contribution in [2.75, 3.05) is 25.0 Å². The first-order valence-electron chi connectivity index (χ1n) is 12.9. The first kappa shape index (κ1) is 28.5. The fourth-order valence-electron chi connectivity index (χ4n) is 5.81. The molecule has 1 aromatic rings. The van der Waals surface area contributed by atoms with Crippen molar-refractivity contribution in [2.45, 2.75) is 57.5 Å². The topological polar surface area (TPSA) is 134 Å². The van der Waals surface area contributed by atoms with E-state index in [2.05, 4.69) is 20.7 Å². The minimum atomic E-state index is -5.05. The Bertz CT molecular complexity index is 1140. The molecule has 3 aliphatic rings. The third-order valence-electron chi connectivity index (χ3n) is 7.77. The molecule has 2 saturated heterocycles. The van der Waals surface area contributed by atoms with Crippen LogP contribution >= 0.6 is 0 Å². The Kier molecular flexibility index (Phi) is 8.57. The van der Waals surface area contributed by atoms with E-state index in [4.69, 9.17) is 0 Å². The summed E-state index contributed by atoms with van der Waals surface area (Å²) in [7, 11) is 0. The van der Waals surface area contributed by atoms with Gasteiger partial charge in [-0.2, -0.15) is 0 Å². The third kappa shape index (κ3) is 6.75. The van der Waals surface area contributed by atoms with Gasteiger partial charge in [-0.15, -0.1) is 13.2 Å². The summed E-state index contributed by atoms with van der Waals surface area (Å²) in [5.41, 5.74) is 1.19. The lowest BCUT2D eigenvalue weighted by atomic mass is 9.92. The number of nitrogens with one attached hydrogen (secondary N) is 3. The van der Waals surface area contributed by atoms with Crippen LogP contribution in [0.15, 0.2) is 24.3 Å². The Balaban J connectivity index is 1.51. The number of halogens is 3. The van der Waals surface area contributed by atoms with Gasteiger partial charge >= 0.3 is 18.2 Å². The van der Waals surface area contributed by atoms with Crippen molar-refractivity contribution in [1.29, 1.82) is 0 Å². The zero-order valence-corrected chi connectivity index (χ0v) is 21.4. The van der Waals surface area contributed by atoms with E-state index in [0.29, 0.717) is 25.1 Å². The standard InChI is InChI=1S/C26H31F3N4O6/c1-14-5-2-3-8-18(14)31-24(37)25(38)33-12-16-6-4-7-17(16)21(33)23(36)32-19(11-15-9-10-30-22(15)35)20(34)13-39-26(27,28)29/h2-3,5,8,15-17,19,21H,4,6-7,9-13H2,1H3,(H,30,35)(H,31,37)(H,32,36)/t15-,16-,17-,19?,21-/m0/s1. The van der Waals surface area contributed by atoms with Crippen LogP contribution in [-0.4, -0.2) is 72.5 Å². The van der Waals surface area contributed by atoms with Crippen molar-refractivity contribution >= 4 is 35.1 Å². The number of likely N-dealkylation sites (tertiary alicyclic amines) is 1. The zero-order valence-electron chi connectivity index (χ0n) is 21.4. The number of alkyl halides is 3. The fraction of sp³-hybridized carbons (Fsp3) is 0.577. The molecule has 1 saturated carbocycles. The van der Waals surface area contributed by atoms with Crippen LogP contribution in [0.3, 0.4) is 0 Å². The second-order valence-corrected chi connectivity index (χ2v) is 10.3. The maximum absolute atomic E-state index is 13.6. The lowest BCUT2D eigenvalue weighted by molar-refractivity contribution is -0.321. The van der Waals surface area contributed by atoms with Crippen LogP contribution in [0, 0.1) is 24.7 Å². The number of carbonyl (C=O) groups excluding carboxylic acids is 5. The molecule has 212 valence electrons. The van der Waals surface area contributed by atoms with Crippen molar-refractivity contribution in [1.82, 2.24) is 15.5 Å². The molecule has 1 unspecified atom stereocenters. The molecule has 2 aliphatic heterocycles. The van der Waals surface area contributed by atoms with E-state index in [1.54, 1.807) is 31.2 Å². The summed E-state index contributed by atoms with van der Waals surface area (Å²) in [6, 6.07) is 4.37. The van der Waals surface area contributed by atoms with Crippen molar-refractivity contribution in [2.24, 2.45) is 17.8 Å². The van der Waals surface area contributed by atoms with Crippen LogP contribution in [0.5, 0.6) is 0 Å². The largest absolute Gasteiger partial charge is 0.522 e. The average Bonchev–Trinajstić information content (AvgIpc) is 3.58. The van der Waals surface area contributed by atoms with E-state index in [9.17, 15) is 37.1 Å². The predicted octanol–water partition coefficient (Wildman–Crippen LogP) is 1.68. The predicted molar refractivity (Wildman–Crippen MR) is 131 cm³/mol. The summed E-state index contributed by atoms with van der Waals surface area (Å²) in [4.78, 5) is 65.6. The Hall–Kier alpha value is -3.48. The molecule has 4 amide bonds. The number of ether oxygens (including phenoxy) is 1. The number of hydrogen-bond donors (Lipinski definition) is 3. The molecule has 39 heavy (non-hydrogen) atoms. The number of hydrogen-bond acceptors (Lipinski definition) is 6. The highest BCUT2D eigenvalue weighted by molar-refractivity contribution is 6.40. The van der Waals surface area contributed by atoms with Crippen molar-refractivity contribution in [3.8, 4) is 0 Å². The molecule has 2 heterocycles. The Morgan fingerprint density at radius 2 is 1.90 bits per heavy atom. The molecule has 0 radical (unpaired) electrons. The maximum atomic E-state index is 13.6. The number of ketones is 1. The van der Waals surface area contributed by atoms with E-state index in [1.165, 1.54) is 4.90 Å². The molecule has 1 aromatic carbocycles. The van der Waals surface area contributed by atoms with Crippen molar-refractivity contribution in [3.63, 3.8) is 0 Å². The number of Topliss-reactive ketones (excluding diaryl/α,β-unsaturated/α-hetero) is 1. The van der Waals surface area contributed by atoms with E-state index in [1.807, 2.05) is 0 Å². The minimum Gasteiger partial charge on any atom is -0.356 e. The smallest absolute Gasteiger partial charge is 0.356 e. The molecule has 13 heteroatoms. The van der Waals surface area contributed by atoms with E-state index >= 15 is 0 Å². The lowest BCUT2D eigenvalue weighted by Gasteiger charge is -2.29. The highest BCUT2D eigenvalue weighted by Crippen LogP contribution is 2.42. The van der Waals surface area contributed by atoms with Gasteiger partial charge in [0.15, 0.2) is 5.78 Å². The van der Waals surface area contributed by atoms with Gasteiger partial charge in [0.1, 0.15) is 12.6 Å². The monoisotopic (exact) mass is 552 g/mol. The van der Waals surface area contributed by atoms with Crippen LogP contribution in [0.4, 0.5) is 18.9 Å². The summed E-state index contributed by atoms with van der Waals surface area (Å²) in [5.74, 6) is -4.95. The number of anilines is 1. The Morgan fingerprint density at radius 1 is 1.15 bits per heavy atom. The highest BCUT2D eigenvalue weighted by Gasteiger charge is 2.51. The average molecular weight is 553 g/mol. The number of rotatable bonds is 8. The molecule has 0 bridgehead atoms. The second kappa shape index (κ2) is 11.7. The van der Waals surface area contributed by atoms with Gasteiger partial charge < -0.3 is 20.9 Å². The number of fused-ring (bicyclic) bond motifs is 1. The summed E-state index contributed by atoms with van der Waals surface area (Å²) in [6.07, 6.45) is -2.71. The molecule has 4 rings (SSSR count). The van der Waals surface area contributed by atoms with Crippen LogP contribution < -0.4 is 16.0 Å². The normalized spacial score (nSPS) is 25.1. The van der Waals surface area contributed by atoms with Crippen molar-refractivity contribution in [3.05, 3.63) is 29.8 Å². The molecule has 3 N–H and O–H groups in total. The van der Waals surface area contributed by atoms with Gasteiger partial charge in [-0.25, -0.2) is 0 Å². The van der Waals surface area contributed by atoms with E-state index < -0.39 is 54.5 Å². The van der Waals surface area contributed by atoms with Gasteiger partial charge in [0, 0.05) is 24.7 Å². The van der Waals surface area contributed by atoms with Gasteiger partial charge in [-0.05, 0) is 56.1 Å². The fourth-order valence-corrected chi connectivity index (χ4v) is 5.81. The third-order valence-corrected chi connectivity index (χ3v) is 7.77. The molecule has 3 fully saturated rings. The molecular weight excluding hydrogens is 521 g/mol. The molecule has 5 atom stereocenters. The lowest BCUT2D eigenvalue weighted by Crippen LogP contribution is -2.55. The van der Waals surface area contributed by atoms with Gasteiger partial charge in [-0.3, -0.25) is 28.7 Å². The first-order valence-corrected chi connectivity index (χ1v) is 12.9.